The molecule has 0 saturated carbocycles. The molecule has 0 aromatic heterocycles. The number of carbonyl (C=O) groups is 2. The lowest BCUT2D eigenvalue weighted by Crippen LogP contribution is -2.34. The van der Waals surface area contributed by atoms with E-state index in [9.17, 15) is 9.59 Å². The molecule has 0 aliphatic rings. The average molecular weight is 291 g/mol. The van der Waals surface area contributed by atoms with Crippen LogP contribution in [0.1, 0.15) is 49.5 Å². The highest BCUT2D eigenvalue weighted by molar-refractivity contribution is 5.92. The fraction of sp³-hybridized carbons (Fsp3) is 0.500. The van der Waals surface area contributed by atoms with Crippen molar-refractivity contribution in [2.45, 2.75) is 46.2 Å². The minimum Gasteiger partial charge on any atom is -0.366 e. The Morgan fingerprint density at radius 1 is 1.29 bits per heavy atom. The van der Waals surface area contributed by atoms with E-state index in [0.717, 1.165) is 12.0 Å². The molecule has 5 nitrogen and oxygen atoms in total. The summed E-state index contributed by atoms with van der Waals surface area (Å²) in [6.45, 7) is 6.66. The molecule has 0 aliphatic heterocycles. The molecule has 0 radical (unpaired) electrons. The third kappa shape index (κ3) is 6.90. The van der Waals surface area contributed by atoms with E-state index in [4.69, 9.17) is 11.5 Å². The number of nitrogens with one attached hydrogen (secondary N) is 1. The third-order valence-electron chi connectivity index (χ3n) is 3.02. The molecule has 0 fully saturated rings. The Kier molecular flexibility index (Phi) is 5.90. The van der Waals surface area contributed by atoms with Gasteiger partial charge in [0, 0.05) is 24.6 Å². The van der Waals surface area contributed by atoms with Crippen LogP contribution in [0.4, 0.5) is 0 Å². The molecular weight excluding hydrogens is 266 g/mol. The number of hydrogen-bond acceptors (Lipinski definition) is 3. The van der Waals surface area contributed by atoms with Crippen LogP contribution in [-0.4, -0.2) is 17.9 Å². The van der Waals surface area contributed by atoms with Crippen molar-refractivity contribution in [2.75, 3.05) is 0 Å². The molecule has 116 valence electrons. The maximum absolute atomic E-state index is 11.8. The molecule has 0 aliphatic carbocycles. The Balaban J connectivity index is 2.46. The number of amides is 2. The molecule has 5 heteroatoms. The lowest BCUT2D eigenvalue weighted by Gasteiger charge is -2.22. The largest absolute Gasteiger partial charge is 0.366 e. The number of primary amides is 1. The molecule has 1 aromatic rings. The standard InChI is InChI=1S/C16H25N3O2/c1-16(2,3)9-13(17)8-14(20)19-10-11-5-4-6-12(7-11)15(18)21/h4-7,13H,8-10,17H2,1-3H3,(H2,18,21)(H,19,20). The Morgan fingerprint density at radius 3 is 2.52 bits per heavy atom. The van der Waals surface area contributed by atoms with Crippen molar-refractivity contribution in [3.05, 3.63) is 35.4 Å². The quantitative estimate of drug-likeness (QED) is 0.741. The summed E-state index contributed by atoms with van der Waals surface area (Å²) in [4.78, 5) is 22.9. The minimum atomic E-state index is -0.477. The summed E-state index contributed by atoms with van der Waals surface area (Å²) < 4.78 is 0. The fourth-order valence-corrected chi connectivity index (χ4v) is 2.20. The van der Waals surface area contributed by atoms with Crippen molar-refractivity contribution in [1.82, 2.24) is 5.32 Å². The second kappa shape index (κ2) is 7.22. The van der Waals surface area contributed by atoms with E-state index in [-0.39, 0.29) is 17.4 Å². The highest BCUT2D eigenvalue weighted by Crippen LogP contribution is 2.20. The van der Waals surface area contributed by atoms with Crippen LogP contribution < -0.4 is 16.8 Å². The number of rotatable bonds is 6. The van der Waals surface area contributed by atoms with Crippen molar-refractivity contribution in [1.29, 1.82) is 0 Å². The zero-order valence-corrected chi connectivity index (χ0v) is 13.0. The molecular formula is C16H25N3O2. The van der Waals surface area contributed by atoms with Gasteiger partial charge in [-0.25, -0.2) is 0 Å². The predicted molar refractivity (Wildman–Crippen MR) is 83.5 cm³/mol. The number of benzene rings is 1. The van der Waals surface area contributed by atoms with Gasteiger partial charge in [-0.3, -0.25) is 9.59 Å². The van der Waals surface area contributed by atoms with Gasteiger partial charge in [-0.15, -0.1) is 0 Å². The molecule has 5 N–H and O–H groups in total. The molecule has 1 aromatic carbocycles. The molecule has 1 rings (SSSR count). The molecule has 2 amide bonds. The summed E-state index contributed by atoms with van der Waals surface area (Å²) in [5.74, 6) is -0.563. The van der Waals surface area contributed by atoms with E-state index in [1.165, 1.54) is 0 Å². The number of hydrogen-bond donors (Lipinski definition) is 3. The summed E-state index contributed by atoms with van der Waals surface area (Å²) in [6, 6.07) is 6.75. The molecule has 21 heavy (non-hydrogen) atoms. The summed E-state index contributed by atoms with van der Waals surface area (Å²) in [5, 5.41) is 2.81. The summed E-state index contributed by atoms with van der Waals surface area (Å²) in [5.41, 5.74) is 12.6. The van der Waals surface area contributed by atoms with Gasteiger partial charge < -0.3 is 16.8 Å². The van der Waals surface area contributed by atoms with Gasteiger partial charge in [0.25, 0.3) is 0 Å². The summed E-state index contributed by atoms with van der Waals surface area (Å²) in [6.07, 6.45) is 1.09. The molecule has 0 heterocycles. The van der Waals surface area contributed by atoms with Crippen LogP contribution in [-0.2, 0) is 11.3 Å². The smallest absolute Gasteiger partial charge is 0.248 e. The number of carbonyl (C=O) groups excluding carboxylic acids is 2. The fourth-order valence-electron chi connectivity index (χ4n) is 2.20. The normalized spacial score (nSPS) is 12.8. The van der Waals surface area contributed by atoms with Gasteiger partial charge in [0.2, 0.25) is 11.8 Å². The van der Waals surface area contributed by atoms with Crippen LogP contribution in [0.3, 0.4) is 0 Å². The third-order valence-corrected chi connectivity index (χ3v) is 3.02. The number of nitrogens with two attached hydrogens (primary N) is 2. The lowest BCUT2D eigenvalue weighted by molar-refractivity contribution is -0.121. The SMILES string of the molecule is CC(C)(C)CC(N)CC(=O)NCc1cccc(C(N)=O)c1. The molecule has 0 bridgehead atoms. The second-order valence-electron chi connectivity index (χ2n) is 6.57. The van der Waals surface area contributed by atoms with Crippen molar-refractivity contribution < 1.29 is 9.59 Å². The highest BCUT2D eigenvalue weighted by atomic mass is 16.1. The molecule has 1 atom stereocenters. The zero-order valence-electron chi connectivity index (χ0n) is 13.0. The van der Waals surface area contributed by atoms with Gasteiger partial charge in [0.1, 0.15) is 0 Å². The first-order valence-electron chi connectivity index (χ1n) is 7.08. The van der Waals surface area contributed by atoms with Gasteiger partial charge >= 0.3 is 0 Å². The van der Waals surface area contributed by atoms with E-state index >= 15 is 0 Å². The van der Waals surface area contributed by atoms with Crippen molar-refractivity contribution in [3.63, 3.8) is 0 Å². The van der Waals surface area contributed by atoms with Crippen LogP contribution >= 0.6 is 0 Å². The maximum atomic E-state index is 11.8. The van der Waals surface area contributed by atoms with Gasteiger partial charge in [-0.2, -0.15) is 0 Å². The highest BCUT2D eigenvalue weighted by Gasteiger charge is 2.18. The summed E-state index contributed by atoms with van der Waals surface area (Å²) >= 11 is 0. The van der Waals surface area contributed by atoms with E-state index in [1.807, 2.05) is 6.07 Å². The molecule has 0 saturated heterocycles. The van der Waals surface area contributed by atoms with E-state index in [0.29, 0.717) is 18.5 Å². The summed E-state index contributed by atoms with van der Waals surface area (Å²) in [7, 11) is 0. The Hall–Kier alpha value is -1.88. The first-order chi connectivity index (χ1) is 9.67. The first-order valence-corrected chi connectivity index (χ1v) is 7.08. The zero-order chi connectivity index (χ0) is 16.0. The maximum Gasteiger partial charge on any atom is 0.248 e. The van der Waals surface area contributed by atoms with Crippen molar-refractivity contribution in [3.8, 4) is 0 Å². The van der Waals surface area contributed by atoms with E-state index in [1.54, 1.807) is 18.2 Å². The van der Waals surface area contributed by atoms with E-state index < -0.39 is 5.91 Å². The van der Waals surface area contributed by atoms with Gasteiger partial charge in [-0.1, -0.05) is 32.9 Å². The lowest BCUT2D eigenvalue weighted by atomic mass is 9.87. The van der Waals surface area contributed by atoms with Crippen LogP contribution in [0.2, 0.25) is 0 Å². The molecule has 0 spiro atoms. The predicted octanol–water partition coefficient (Wildman–Crippen LogP) is 1.56. The minimum absolute atomic E-state index is 0.0868. The monoisotopic (exact) mass is 291 g/mol. The Labute approximate surface area is 126 Å². The Bertz CT molecular complexity index is 506. The second-order valence-corrected chi connectivity index (χ2v) is 6.57. The van der Waals surface area contributed by atoms with Gasteiger partial charge in [0.15, 0.2) is 0 Å². The topological polar surface area (TPSA) is 98.2 Å². The van der Waals surface area contributed by atoms with Crippen LogP contribution in [0.5, 0.6) is 0 Å². The van der Waals surface area contributed by atoms with Gasteiger partial charge in [0.05, 0.1) is 0 Å². The van der Waals surface area contributed by atoms with Crippen LogP contribution in [0.25, 0.3) is 0 Å². The molecule has 1 unspecified atom stereocenters. The Morgan fingerprint density at radius 2 is 1.95 bits per heavy atom. The first kappa shape index (κ1) is 17.2. The van der Waals surface area contributed by atoms with Crippen LogP contribution in [0, 0.1) is 5.41 Å². The van der Waals surface area contributed by atoms with Crippen molar-refractivity contribution in [2.24, 2.45) is 16.9 Å². The van der Waals surface area contributed by atoms with Crippen molar-refractivity contribution >= 4 is 11.8 Å². The van der Waals surface area contributed by atoms with Gasteiger partial charge in [-0.05, 0) is 29.5 Å². The average Bonchev–Trinajstić information content (AvgIpc) is 2.34. The van der Waals surface area contributed by atoms with Crippen LogP contribution in [0.15, 0.2) is 24.3 Å². The van der Waals surface area contributed by atoms with E-state index in [2.05, 4.69) is 26.1 Å².